The van der Waals surface area contributed by atoms with E-state index in [0.717, 1.165) is 11.6 Å². The van der Waals surface area contributed by atoms with Gasteiger partial charge in [0, 0.05) is 22.2 Å². The Kier molecular flexibility index (Phi) is 5.57. The highest BCUT2D eigenvalue weighted by Crippen LogP contribution is 2.60. The number of carbonyl (C=O) groups excluding carboxylic acids is 2. The highest BCUT2D eigenvalue weighted by Gasteiger charge is 2.73. The van der Waals surface area contributed by atoms with Gasteiger partial charge in [-0.25, -0.2) is 0 Å². The molecule has 1 aliphatic carbocycles. The Morgan fingerprint density at radius 2 is 1.78 bits per heavy atom. The van der Waals surface area contributed by atoms with E-state index in [9.17, 15) is 24.8 Å². The quantitative estimate of drug-likeness (QED) is 0.318. The summed E-state index contributed by atoms with van der Waals surface area (Å²) in [5, 5.41) is 26.5. The predicted molar refractivity (Wildman–Crippen MR) is 133 cm³/mol. The Balaban J connectivity index is 1.77. The monoisotopic (exact) mass is 546 g/mol. The van der Waals surface area contributed by atoms with E-state index in [-0.39, 0.29) is 49.0 Å². The van der Waals surface area contributed by atoms with Gasteiger partial charge >= 0.3 is 0 Å². The van der Waals surface area contributed by atoms with Crippen LogP contribution >= 0.6 is 34.8 Å². The molecule has 0 spiro atoms. The number of halogens is 3. The fourth-order valence-corrected chi connectivity index (χ4v) is 5.85. The van der Waals surface area contributed by atoms with Crippen LogP contribution in [0.1, 0.15) is 57.2 Å². The van der Waals surface area contributed by atoms with Crippen molar-refractivity contribution in [2.75, 3.05) is 0 Å². The molecule has 1 heterocycles. The predicted octanol–water partition coefficient (Wildman–Crippen LogP) is 5.74. The number of ketones is 1. The smallest absolute Gasteiger partial charge is 0.280 e. The van der Waals surface area contributed by atoms with E-state index in [2.05, 4.69) is 5.32 Å². The van der Waals surface area contributed by atoms with E-state index in [1.54, 1.807) is 18.2 Å². The SMILES string of the molecule is CC(C)c1ccc2c(c1)OC1(O)c3c(cccc3[N+](=O)[O-])C(=O)C21NC(=O)c1c(Cl)cc(Cl)cc1Cl. The number of nitrogens with zero attached hydrogens (tertiary/aromatic N) is 1. The number of hydrogen-bond acceptors (Lipinski definition) is 6. The number of amides is 1. The average molecular weight is 548 g/mol. The Labute approximate surface area is 219 Å². The van der Waals surface area contributed by atoms with Crippen LogP contribution in [0.5, 0.6) is 5.75 Å². The summed E-state index contributed by atoms with van der Waals surface area (Å²) in [5.74, 6) is -4.14. The van der Waals surface area contributed by atoms with Gasteiger partial charge in [-0.2, -0.15) is 0 Å². The van der Waals surface area contributed by atoms with Crippen molar-refractivity contribution in [1.29, 1.82) is 0 Å². The van der Waals surface area contributed by atoms with Crippen LogP contribution in [-0.4, -0.2) is 21.7 Å². The molecule has 0 fully saturated rings. The molecule has 184 valence electrons. The van der Waals surface area contributed by atoms with Gasteiger partial charge in [0.2, 0.25) is 11.3 Å². The van der Waals surface area contributed by atoms with E-state index in [4.69, 9.17) is 39.5 Å². The minimum absolute atomic E-state index is 0.0727. The third kappa shape index (κ3) is 3.18. The van der Waals surface area contributed by atoms with Crippen molar-refractivity contribution >= 4 is 52.2 Å². The number of nitrogens with one attached hydrogen (secondary N) is 1. The number of aliphatic hydroxyl groups is 1. The second kappa shape index (κ2) is 8.18. The van der Waals surface area contributed by atoms with Gasteiger partial charge in [0.05, 0.1) is 20.5 Å². The summed E-state index contributed by atoms with van der Waals surface area (Å²) in [4.78, 5) is 38.7. The summed E-state index contributed by atoms with van der Waals surface area (Å²) in [6.07, 6.45) is 0. The zero-order valence-corrected chi connectivity index (χ0v) is 21.0. The minimum atomic E-state index is -2.62. The molecule has 1 amide bonds. The average Bonchev–Trinajstić information content (AvgIpc) is 3.15. The number of nitro groups is 1. The van der Waals surface area contributed by atoms with E-state index in [1.807, 2.05) is 13.8 Å². The normalized spacial score (nSPS) is 21.6. The standard InChI is InChI=1S/C25H17Cl3N2O6/c1-11(2)12-6-7-15-19(8-12)36-25(33)21-14(4-3-5-18(21)30(34)35)22(31)24(15,25)29-23(32)20-16(27)9-13(26)10-17(20)28/h3-11,33H,1-2H3,(H,29,32). The van der Waals surface area contributed by atoms with Gasteiger partial charge in [-0.3, -0.25) is 19.7 Å². The van der Waals surface area contributed by atoms with Crippen molar-refractivity contribution in [3.63, 3.8) is 0 Å². The second-order valence-corrected chi connectivity index (χ2v) is 10.1. The van der Waals surface area contributed by atoms with Crippen molar-refractivity contribution in [2.45, 2.75) is 31.1 Å². The lowest BCUT2D eigenvalue weighted by Crippen LogP contribution is -2.60. The molecule has 11 heteroatoms. The first-order valence-electron chi connectivity index (χ1n) is 10.8. The number of carbonyl (C=O) groups is 2. The van der Waals surface area contributed by atoms with Crippen LogP contribution in [-0.2, 0) is 11.3 Å². The van der Waals surface area contributed by atoms with Crippen molar-refractivity contribution in [3.8, 4) is 5.75 Å². The van der Waals surface area contributed by atoms with Crippen LogP contribution in [0.15, 0.2) is 48.5 Å². The lowest BCUT2D eigenvalue weighted by atomic mass is 9.82. The molecule has 2 atom stereocenters. The Morgan fingerprint density at radius 3 is 2.39 bits per heavy atom. The zero-order valence-electron chi connectivity index (χ0n) is 18.8. The lowest BCUT2D eigenvalue weighted by molar-refractivity contribution is -0.388. The van der Waals surface area contributed by atoms with Crippen molar-refractivity contribution in [2.24, 2.45) is 0 Å². The largest absolute Gasteiger partial charge is 0.454 e. The van der Waals surface area contributed by atoms with Crippen molar-refractivity contribution in [3.05, 3.63) is 102 Å². The summed E-state index contributed by atoms with van der Waals surface area (Å²) in [7, 11) is 0. The molecular formula is C25H17Cl3N2O6. The van der Waals surface area contributed by atoms with Crippen LogP contribution in [0.4, 0.5) is 5.69 Å². The molecule has 2 aliphatic rings. The van der Waals surface area contributed by atoms with Gasteiger partial charge in [0.15, 0.2) is 0 Å². The Bertz CT molecular complexity index is 1480. The van der Waals surface area contributed by atoms with E-state index in [1.165, 1.54) is 24.3 Å². The highest BCUT2D eigenvalue weighted by molar-refractivity contribution is 6.42. The molecule has 0 saturated heterocycles. The number of ether oxygens (including phenoxy) is 1. The molecule has 3 aromatic carbocycles. The van der Waals surface area contributed by atoms with Crippen LogP contribution in [0.3, 0.4) is 0 Å². The molecule has 0 bridgehead atoms. The molecule has 5 rings (SSSR count). The number of Topliss-reactive ketones (excluding diaryl/α,β-unsaturated/α-hetero) is 1. The molecule has 1 aliphatic heterocycles. The molecule has 0 radical (unpaired) electrons. The fourth-order valence-electron chi connectivity index (χ4n) is 4.87. The van der Waals surface area contributed by atoms with Crippen LogP contribution < -0.4 is 10.1 Å². The van der Waals surface area contributed by atoms with Gasteiger partial charge in [0.1, 0.15) is 11.3 Å². The summed E-state index contributed by atoms with van der Waals surface area (Å²) in [6, 6.07) is 11.3. The number of hydrogen-bond donors (Lipinski definition) is 2. The van der Waals surface area contributed by atoms with Crippen LogP contribution in [0.25, 0.3) is 0 Å². The fraction of sp³-hybridized carbons (Fsp3) is 0.200. The topological polar surface area (TPSA) is 119 Å². The third-order valence-electron chi connectivity index (χ3n) is 6.54. The maximum atomic E-state index is 14.0. The van der Waals surface area contributed by atoms with Crippen LogP contribution in [0, 0.1) is 10.1 Å². The van der Waals surface area contributed by atoms with Gasteiger partial charge in [0.25, 0.3) is 17.4 Å². The second-order valence-electron chi connectivity index (χ2n) is 8.89. The van der Waals surface area contributed by atoms with E-state index in [0.29, 0.717) is 0 Å². The third-order valence-corrected chi connectivity index (χ3v) is 7.35. The first kappa shape index (κ1) is 24.5. The molecule has 0 saturated carbocycles. The van der Waals surface area contributed by atoms with Crippen LogP contribution in [0.2, 0.25) is 15.1 Å². The molecule has 36 heavy (non-hydrogen) atoms. The number of nitro benzene ring substituents is 1. The highest BCUT2D eigenvalue weighted by atomic mass is 35.5. The Morgan fingerprint density at radius 1 is 1.11 bits per heavy atom. The molecule has 0 aromatic heterocycles. The number of rotatable bonds is 4. The van der Waals surface area contributed by atoms with Gasteiger partial charge < -0.3 is 15.2 Å². The Hall–Kier alpha value is -3.17. The first-order valence-corrected chi connectivity index (χ1v) is 11.9. The zero-order chi connectivity index (χ0) is 26.2. The van der Waals surface area contributed by atoms with Gasteiger partial charge in [-0.15, -0.1) is 0 Å². The first-order chi connectivity index (χ1) is 16.9. The summed E-state index contributed by atoms with van der Waals surface area (Å²) in [5.41, 5.74) is -2.51. The molecule has 3 aromatic rings. The maximum Gasteiger partial charge on any atom is 0.280 e. The maximum absolute atomic E-state index is 14.0. The molecule has 8 nitrogen and oxygen atoms in total. The van der Waals surface area contributed by atoms with E-state index >= 15 is 0 Å². The van der Waals surface area contributed by atoms with Crippen molar-refractivity contribution in [1.82, 2.24) is 5.32 Å². The molecule has 2 N–H and O–H groups in total. The summed E-state index contributed by atoms with van der Waals surface area (Å²) in [6.45, 7) is 3.89. The van der Waals surface area contributed by atoms with Gasteiger partial charge in [-0.05, 0) is 29.7 Å². The molecular weight excluding hydrogens is 531 g/mol. The lowest BCUT2D eigenvalue weighted by Gasteiger charge is -2.34. The summed E-state index contributed by atoms with van der Waals surface area (Å²) < 4.78 is 5.95. The number of benzene rings is 3. The van der Waals surface area contributed by atoms with Crippen molar-refractivity contribution < 1.29 is 24.4 Å². The minimum Gasteiger partial charge on any atom is -0.454 e. The van der Waals surface area contributed by atoms with E-state index < -0.39 is 33.6 Å². The van der Waals surface area contributed by atoms with Gasteiger partial charge in [-0.1, -0.05) is 72.9 Å². The number of fused-ring (bicyclic) bond motifs is 5. The molecule has 2 unspecified atom stereocenters. The summed E-state index contributed by atoms with van der Waals surface area (Å²) >= 11 is 18.4.